The maximum atomic E-state index is 11.6. The van der Waals surface area contributed by atoms with Gasteiger partial charge in [-0.2, -0.15) is 0 Å². The second kappa shape index (κ2) is 8.38. The van der Waals surface area contributed by atoms with E-state index < -0.39 is 13.0 Å². The number of ether oxygens (including phenoxy) is 1. The maximum Gasteiger partial charge on any atom is 0.261 e. The zero-order valence-electron chi connectivity index (χ0n) is 8.35. The summed E-state index contributed by atoms with van der Waals surface area (Å²) in [5.41, 5.74) is 0. The molecule has 0 bridgehead atoms. The molecule has 2 nitrogen and oxygen atoms in total. The van der Waals surface area contributed by atoms with Crippen LogP contribution in [0.2, 0.25) is 0 Å². The highest BCUT2D eigenvalue weighted by Crippen LogP contribution is 1.94. The van der Waals surface area contributed by atoms with Gasteiger partial charge in [0, 0.05) is 12.6 Å². The molecule has 0 saturated heterocycles. The van der Waals surface area contributed by atoms with Crippen LogP contribution in [0.4, 0.5) is 8.78 Å². The molecule has 0 aromatic heterocycles. The van der Waals surface area contributed by atoms with Gasteiger partial charge in [-0.1, -0.05) is 13.3 Å². The molecule has 0 rings (SSSR count). The number of nitrogens with one attached hydrogen (secondary N) is 1. The summed E-state index contributed by atoms with van der Waals surface area (Å²) in [4.78, 5) is 0. The lowest BCUT2D eigenvalue weighted by Gasteiger charge is -2.12. The molecule has 0 aliphatic heterocycles. The molecule has 1 unspecified atom stereocenters. The third-order valence-electron chi connectivity index (χ3n) is 1.70. The van der Waals surface area contributed by atoms with Crippen LogP contribution in [0.1, 0.15) is 26.7 Å². The van der Waals surface area contributed by atoms with Crippen molar-refractivity contribution in [2.24, 2.45) is 0 Å². The number of hydrogen-bond donors (Lipinski definition) is 1. The van der Waals surface area contributed by atoms with Crippen molar-refractivity contribution in [3.8, 4) is 0 Å². The van der Waals surface area contributed by atoms with Gasteiger partial charge in [-0.15, -0.1) is 0 Å². The molecule has 0 saturated carbocycles. The highest BCUT2D eigenvalue weighted by atomic mass is 19.3. The monoisotopic (exact) mass is 195 g/mol. The molecule has 4 heteroatoms. The van der Waals surface area contributed by atoms with Gasteiger partial charge in [0.05, 0.1) is 6.61 Å². The van der Waals surface area contributed by atoms with Gasteiger partial charge in [-0.25, -0.2) is 8.78 Å². The van der Waals surface area contributed by atoms with E-state index in [1.165, 1.54) is 0 Å². The average molecular weight is 195 g/mol. The fourth-order valence-corrected chi connectivity index (χ4v) is 1.08. The van der Waals surface area contributed by atoms with Gasteiger partial charge >= 0.3 is 0 Å². The molecule has 13 heavy (non-hydrogen) atoms. The van der Waals surface area contributed by atoms with E-state index in [2.05, 4.69) is 19.2 Å². The van der Waals surface area contributed by atoms with Gasteiger partial charge in [0.25, 0.3) is 6.43 Å². The number of hydrogen-bond acceptors (Lipinski definition) is 2. The Labute approximate surface area is 78.7 Å². The second-order valence-electron chi connectivity index (χ2n) is 3.11. The third kappa shape index (κ3) is 9.70. The van der Waals surface area contributed by atoms with Gasteiger partial charge in [-0.05, 0) is 13.3 Å². The minimum Gasteiger partial charge on any atom is -0.374 e. The fraction of sp³-hybridized carbons (Fsp3) is 1.00. The number of halogens is 2. The third-order valence-corrected chi connectivity index (χ3v) is 1.70. The lowest BCUT2D eigenvalue weighted by molar-refractivity contribution is 0.0183. The van der Waals surface area contributed by atoms with Crippen molar-refractivity contribution in [1.29, 1.82) is 0 Å². The lowest BCUT2D eigenvalue weighted by atomic mass is 10.2. The van der Waals surface area contributed by atoms with Crippen molar-refractivity contribution in [3.05, 3.63) is 0 Å². The van der Waals surface area contributed by atoms with E-state index in [-0.39, 0.29) is 0 Å². The molecule has 1 N–H and O–H groups in total. The van der Waals surface area contributed by atoms with E-state index in [1.54, 1.807) is 0 Å². The summed E-state index contributed by atoms with van der Waals surface area (Å²) in [6.45, 7) is 4.75. The zero-order valence-corrected chi connectivity index (χ0v) is 8.35. The Morgan fingerprint density at radius 3 is 2.62 bits per heavy atom. The van der Waals surface area contributed by atoms with Crippen LogP contribution >= 0.6 is 0 Å². The Morgan fingerprint density at radius 1 is 1.38 bits per heavy atom. The number of rotatable bonds is 8. The first kappa shape index (κ1) is 12.8. The SMILES string of the molecule is CCCC(C)NCCOCC(F)F. The maximum absolute atomic E-state index is 11.6. The molecule has 80 valence electrons. The summed E-state index contributed by atoms with van der Waals surface area (Å²) >= 11 is 0. The van der Waals surface area contributed by atoms with Crippen LogP contribution in [0, 0.1) is 0 Å². The van der Waals surface area contributed by atoms with E-state index in [4.69, 9.17) is 4.74 Å². The molecule has 0 spiro atoms. The van der Waals surface area contributed by atoms with E-state index in [1.807, 2.05) is 0 Å². The van der Waals surface area contributed by atoms with Gasteiger partial charge in [0.15, 0.2) is 0 Å². The molecule has 0 aliphatic rings. The topological polar surface area (TPSA) is 21.3 Å². The molecule has 1 atom stereocenters. The Balaban J connectivity index is 3.06. The second-order valence-corrected chi connectivity index (χ2v) is 3.11. The van der Waals surface area contributed by atoms with Gasteiger partial charge in [-0.3, -0.25) is 0 Å². The van der Waals surface area contributed by atoms with Crippen molar-refractivity contribution in [3.63, 3.8) is 0 Å². The molecule has 0 radical (unpaired) electrons. The Bertz CT molecular complexity index is 112. The summed E-state index contributed by atoms with van der Waals surface area (Å²) in [6.07, 6.45) is -0.117. The standard InChI is InChI=1S/C9H19F2NO/c1-3-4-8(2)12-5-6-13-7-9(10)11/h8-9,12H,3-7H2,1-2H3. The van der Waals surface area contributed by atoms with Crippen molar-refractivity contribution in [2.45, 2.75) is 39.2 Å². The van der Waals surface area contributed by atoms with Gasteiger partial charge in [0.2, 0.25) is 0 Å². The van der Waals surface area contributed by atoms with E-state index in [0.717, 1.165) is 12.8 Å². The molecule has 0 aromatic carbocycles. The minimum absolute atomic E-state index is 0.360. The Kier molecular flexibility index (Phi) is 8.24. The first-order valence-electron chi connectivity index (χ1n) is 4.76. The summed E-state index contributed by atoms with van der Waals surface area (Å²) in [6, 6.07) is 0.445. The van der Waals surface area contributed by atoms with Crippen LogP contribution in [-0.4, -0.2) is 32.2 Å². The van der Waals surface area contributed by atoms with Gasteiger partial charge < -0.3 is 10.1 Å². The zero-order chi connectivity index (χ0) is 10.1. The minimum atomic E-state index is -2.35. The molecule has 0 heterocycles. The lowest BCUT2D eigenvalue weighted by Crippen LogP contribution is -2.29. The van der Waals surface area contributed by atoms with Crippen molar-refractivity contribution >= 4 is 0 Å². The molecule has 0 aromatic rings. The quantitative estimate of drug-likeness (QED) is 0.598. The predicted octanol–water partition coefficient (Wildman–Crippen LogP) is 2.05. The smallest absolute Gasteiger partial charge is 0.261 e. The van der Waals surface area contributed by atoms with Crippen molar-refractivity contribution in [2.75, 3.05) is 19.8 Å². The van der Waals surface area contributed by atoms with E-state index in [0.29, 0.717) is 19.2 Å². The Morgan fingerprint density at radius 2 is 2.08 bits per heavy atom. The first-order valence-corrected chi connectivity index (χ1v) is 4.76. The number of alkyl halides is 2. The molecule has 0 amide bonds. The summed E-state index contributed by atoms with van der Waals surface area (Å²) < 4.78 is 27.9. The highest BCUT2D eigenvalue weighted by molar-refractivity contribution is 4.58. The molecule has 0 fully saturated rings. The highest BCUT2D eigenvalue weighted by Gasteiger charge is 2.02. The van der Waals surface area contributed by atoms with Crippen LogP contribution in [0.25, 0.3) is 0 Å². The largest absolute Gasteiger partial charge is 0.374 e. The Hall–Kier alpha value is -0.220. The summed E-state index contributed by atoms with van der Waals surface area (Å²) in [5.74, 6) is 0. The summed E-state index contributed by atoms with van der Waals surface area (Å²) in [7, 11) is 0. The predicted molar refractivity (Wildman–Crippen MR) is 49.2 cm³/mol. The van der Waals surface area contributed by atoms with Crippen LogP contribution in [0.15, 0.2) is 0 Å². The van der Waals surface area contributed by atoms with Gasteiger partial charge in [0.1, 0.15) is 6.61 Å². The van der Waals surface area contributed by atoms with Crippen LogP contribution < -0.4 is 5.32 Å². The van der Waals surface area contributed by atoms with Crippen molar-refractivity contribution < 1.29 is 13.5 Å². The fourth-order valence-electron chi connectivity index (χ4n) is 1.08. The molecule has 0 aliphatic carbocycles. The normalized spacial score (nSPS) is 13.6. The van der Waals surface area contributed by atoms with Crippen LogP contribution in [-0.2, 0) is 4.74 Å². The molecular weight excluding hydrogens is 176 g/mol. The first-order chi connectivity index (χ1) is 6.16. The average Bonchev–Trinajstić information content (AvgIpc) is 2.03. The van der Waals surface area contributed by atoms with Crippen molar-refractivity contribution in [1.82, 2.24) is 5.32 Å². The van der Waals surface area contributed by atoms with E-state index in [9.17, 15) is 8.78 Å². The summed E-state index contributed by atoms with van der Waals surface area (Å²) in [5, 5.41) is 3.19. The molecular formula is C9H19F2NO. The van der Waals surface area contributed by atoms with Crippen LogP contribution in [0.5, 0.6) is 0 Å². The van der Waals surface area contributed by atoms with E-state index >= 15 is 0 Å². The van der Waals surface area contributed by atoms with Crippen LogP contribution in [0.3, 0.4) is 0 Å².